The Hall–Kier alpha value is -2.17. The Balaban J connectivity index is 1.42. The van der Waals surface area contributed by atoms with Crippen LogP contribution in [0.4, 0.5) is 0 Å². The first-order valence-electron chi connectivity index (χ1n) is 11.3. The molecule has 2 aromatic rings. The largest absolute Gasteiger partial charge is 0.352 e. The Kier molecular flexibility index (Phi) is 8.06. The second-order valence-corrected chi connectivity index (χ2v) is 9.03. The van der Waals surface area contributed by atoms with Crippen molar-refractivity contribution in [1.29, 1.82) is 0 Å². The molecule has 1 unspecified atom stereocenters. The molecule has 0 bridgehead atoms. The molecule has 1 fully saturated rings. The summed E-state index contributed by atoms with van der Waals surface area (Å²) < 4.78 is 0. The highest BCUT2D eigenvalue weighted by Gasteiger charge is 2.24. The van der Waals surface area contributed by atoms with Crippen molar-refractivity contribution in [3.8, 4) is 0 Å². The fourth-order valence-electron chi connectivity index (χ4n) is 4.03. The molecule has 162 valence electrons. The number of piperidine rings is 1. The van der Waals surface area contributed by atoms with Crippen molar-refractivity contribution in [3.63, 3.8) is 0 Å². The minimum Gasteiger partial charge on any atom is -0.352 e. The molecule has 0 radical (unpaired) electrons. The predicted octanol–water partition coefficient (Wildman–Crippen LogP) is 4.41. The quantitative estimate of drug-likeness (QED) is 0.704. The summed E-state index contributed by atoms with van der Waals surface area (Å²) in [7, 11) is 2.03. The van der Waals surface area contributed by atoms with Crippen LogP contribution in [-0.4, -0.2) is 47.9 Å². The van der Waals surface area contributed by atoms with Crippen LogP contribution in [0.25, 0.3) is 0 Å². The fraction of sp³-hybridized carbons (Fsp3) is 0.500. The number of carbonyl (C=O) groups is 1. The van der Waals surface area contributed by atoms with Crippen LogP contribution >= 0.6 is 0 Å². The van der Waals surface area contributed by atoms with Gasteiger partial charge in [0.1, 0.15) is 0 Å². The number of hydrogen-bond donors (Lipinski definition) is 1. The smallest absolute Gasteiger partial charge is 0.237 e. The molecular weight excluding hydrogens is 370 g/mol. The summed E-state index contributed by atoms with van der Waals surface area (Å²) in [6, 6.07) is 19.5. The molecular formula is C26H37N3O. The van der Waals surface area contributed by atoms with Crippen molar-refractivity contribution in [2.24, 2.45) is 0 Å². The molecule has 4 heteroatoms. The Morgan fingerprint density at radius 3 is 2.23 bits per heavy atom. The Bertz CT molecular complexity index is 780. The first-order chi connectivity index (χ1) is 14.4. The fourth-order valence-corrected chi connectivity index (χ4v) is 4.03. The highest BCUT2D eigenvalue weighted by molar-refractivity contribution is 5.81. The van der Waals surface area contributed by atoms with E-state index in [2.05, 4.69) is 83.6 Å². The summed E-state index contributed by atoms with van der Waals surface area (Å²) in [4.78, 5) is 17.4. The van der Waals surface area contributed by atoms with Gasteiger partial charge >= 0.3 is 0 Å². The monoisotopic (exact) mass is 407 g/mol. The maximum absolute atomic E-state index is 12.8. The van der Waals surface area contributed by atoms with E-state index < -0.39 is 0 Å². The van der Waals surface area contributed by atoms with Crippen LogP contribution in [0.1, 0.15) is 56.2 Å². The molecule has 0 aromatic heterocycles. The van der Waals surface area contributed by atoms with E-state index in [1.165, 1.54) is 16.7 Å². The first-order valence-corrected chi connectivity index (χ1v) is 11.3. The van der Waals surface area contributed by atoms with Crippen molar-refractivity contribution < 1.29 is 4.79 Å². The van der Waals surface area contributed by atoms with Gasteiger partial charge < -0.3 is 5.32 Å². The van der Waals surface area contributed by atoms with E-state index in [1.54, 1.807) is 0 Å². The number of likely N-dealkylation sites (N-methyl/N-ethyl adjacent to an activating group) is 1. The van der Waals surface area contributed by atoms with Crippen LogP contribution in [0.2, 0.25) is 0 Å². The van der Waals surface area contributed by atoms with E-state index >= 15 is 0 Å². The van der Waals surface area contributed by atoms with E-state index in [0.717, 1.165) is 39.0 Å². The Morgan fingerprint density at radius 1 is 1.00 bits per heavy atom. The third-order valence-corrected chi connectivity index (χ3v) is 6.30. The third kappa shape index (κ3) is 6.41. The molecule has 4 nitrogen and oxygen atoms in total. The average Bonchev–Trinajstić information content (AvgIpc) is 2.75. The molecule has 0 spiro atoms. The molecule has 1 N–H and O–H groups in total. The number of rotatable bonds is 8. The normalized spacial score (nSPS) is 16.7. The molecule has 30 heavy (non-hydrogen) atoms. The van der Waals surface area contributed by atoms with Gasteiger partial charge in [0.25, 0.3) is 0 Å². The summed E-state index contributed by atoms with van der Waals surface area (Å²) in [5.41, 5.74) is 3.96. The molecule has 1 aliphatic heterocycles. The summed E-state index contributed by atoms with van der Waals surface area (Å²) in [5, 5.41) is 3.29. The van der Waals surface area contributed by atoms with Crippen molar-refractivity contribution >= 4 is 5.91 Å². The number of nitrogens with one attached hydrogen (secondary N) is 1. The number of hydrogen-bond acceptors (Lipinski definition) is 3. The van der Waals surface area contributed by atoms with Crippen molar-refractivity contribution in [3.05, 3.63) is 71.3 Å². The van der Waals surface area contributed by atoms with Crippen molar-refractivity contribution in [2.45, 2.75) is 64.7 Å². The van der Waals surface area contributed by atoms with Gasteiger partial charge in [-0.25, -0.2) is 0 Å². The lowest BCUT2D eigenvalue weighted by molar-refractivity contribution is -0.126. The van der Waals surface area contributed by atoms with Gasteiger partial charge in [-0.1, -0.05) is 68.4 Å². The zero-order valence-corrected chi connectivity index (χ0v) is 19.0. The van der Waals surface area contributed by atoms with E-state index in [0.29, 0.717) is 5.92 Å². The lowest BCUT2D eigenvalue weighted by atomic mass is 10.0. The molecule has 1 saturated heterocycles. The zero-order chi connectivity index (χ0) is 21.5. The second-order valence-electron chi connectivity index (χ2n) is 9.03. The number of amides is 1. The van der Waals surface area contributed by atoms with Crippen LogP contribution in [0.5, 0.6) is 0 Å². The van der Waals surface area contributed by atoms with Gasteiger partial charge in [0.05, 0.1) is 6.04 Å². The maximum atomic E-state index is 12.8. The molecule has 1 aliphatic rings. The number of likely N-dealkylation sites (tertiary alicyclic amines) is 1. The average molecular weight is 408 g/mol. The Morgan fingerprint density at radius 2 is 1.63 bits per heavy atom. The van der Waals surface area contributed by atoms with Crippen LogP contribution < -0.4 is 5.32 Å². The number of carbonyl (C=O) groups excluding carboxylic acids is 1. The van der Waals surface area contributed by atoms with Gasteiger partial charge in [0, 0.05) is 32.2 Å². The maximum Gasteiger partial charge on any atom is 0.237 e. The lowest BCUT2D eigenvalue weighted by Crippen LogP contribution is -2.50. The van der Waals surface area contributed by atoms with E-state index in [4.69, 9.17) is 0 Å². The highest BCUT2D eigenvalue weighted by atomic mass is 16.2. The van der Waals surface area contributed by atoms with Crippen molar-refractivity contribution in [1.82, 2.24) is 15.1 Å². The van der Waals surface area contributed by atoms with Gasteiger partial charge in [-0.15, -0.1) is 0 Å². The Labute approximate surface area is 182 Å². The topological polar surface area (TPSA) is 35.6 Å². The van der Waals surface area contributed by atoms with Gasteiger partial charge in [-0.3, -0.25) is 14.6 Å². The minimum absolute atomic E-state index is 0.137. The van der Waals surface area contributed by atoms with Crippen LogP contribution in [0.15, 0.2) is 54.6 Å². The molecule has 3 rings (SSSR count). The minimum atomic E-state index is -0.142. The first kappa shape index (κ1) is 22.5. The van der Waals surface area contributed by atoms with Crippen LogP contribution in [0, 0.1) is 0 Å². The molecule has 1 atom stereocenters. The van der Waals surface area contributed by atoms with Gasteiger partial charge in [-0.05, 0) is 49.4 Å². The summed E-state index contributed by atoms with van der Waals surface area (Å²) >= 11 is 0. The summed E-state index contributed by atoms with van der Waals surface area (Å²) in [6.45, 7) is 10.3. The predicted molar refractivity (Wildman–Crippen MR) is 124 cm³/mol. The van der Waals surface area contributed by atoms with Crippen LogP contribution in [0.3, 0.4) is 0 Å². The van der Waals surface area contributed by atoms with Gasteiger partial charge in [0.2, 0.25) is 5.91 Å². The number of nitrogens with zero attached hydrogens (tertiary/aromatic N) is 2. The summed E-state index contributed by atoms with van der Waals surface area (Å²) in [5.74, 6) is 0.679. The zero-order valence-electron chi connectivity index (χ0n) is 19.0. The third-order valence-electron chi connectivity index (χ3n) is 6.30. The van der Waals surface area contributed by atoms with Crippen molar-refractivity contribution in [2.75, 3.05) is 20.1 Å². The number of benzene rings is 2. The van der Waals surface area contributed by atoms with E-state index in [-0.39, 0.29) is 18.0 Å². The van der Waals surface area contributed by atoms with Gasteiger partial charge in [-0.2, -0.15) is 0 Å². The van der Waals surface area contributed by atoms with E-state index in [1.807, 2.05) is 14.0 Å². The van der Waals surface area contributed by atoms with E-state index in [9.17, 15) is 4.79 Å². The second kappa shape index (κ2) is 10.7. The van der Waals surface area contributed by atoms with Gasteiger partial charge in [0.15, 0.2) is 0 Å². The molecule has 0 aliphatic carbocycles. The molecule has 1 heterocycles. The lowest BCUT2D eigenvalue weighted by Gasteiger charge is -2.33. The summed E-state index contributed by atoms with van der Waals surface area (Å²) in [6.07, 6.45) is 2.04. The standard InChI is InChI=1S/C26H37N3O/c1-20(2)24-12-10-23(11-13-24)18-28(4)21(3)26(30)27-25-14-16-29(17-15-25)19-22-8-6-5-7-9-22/h5-13,20-21,25H,14-19H2,1-4H3,(H,27,30). The highest BCUT2D eigenvalue weighted by Crippen LogP contribution is 2.17. The molecule has 1 amide bonds. The SMILES string of the molecule is CC(C)c1ccc(CN(C)C(C)C(=O)NC2CCN(Cc3ccccc3)CC2)cc1. The molecule has 0 saturated carbocycles. The van der Waals surface area contributed by atoms with Crippen LogP contribution in [-0.2, 0) is 17.9 Å². The molecule has 2 aromatic carbocycles.